The predicted octanol–water partition coefficient (Wildman–Crippen LogP) is 6.87. The van der Waals surface area contributed by atoms with Crippen LogP contribution in [-0.2, 0) is 0 Å². The number of benzene rings is 1. The average molecular weight is 481 g/mol. The number of alkyl halides is 3. The van der Waals surface area contributed by atoms with Gasteiger partial charge in [-0.15, -0.1) is 0 Å². The van der Waals surface area contributed by atoms with Crippen molar-refractivity contribution in [3.63, 3.8) is 0 Å². The highest BCUT2D eigenvalue weighted by molar-refractivity contribution is 6.30. The summed E-state index contributed by atoms with van der Waals surface area (Å²) < 4.78 is 39.4. The van der Waals surface area contributed by atoms with Gasteiger partial charge in [0.15, 0.2) is 0 Å². The summed E-state index contributed by atoms with van der Waals surface area (Å²) >= 11 is 6.36. The highest BCUT2D eigenvalue weighted by Crippen LogP contribution is 2.29. The van der Waals surface area contributed by atoms with Crippen molar-refractivity contribution in [1.82, 2.24) is 19.8 Å². The predicted molar refractivity (Wildman–Crippen MR) is 124 cm³/mol. The molecule has 3 rings (SSSR count). The van der Waals surface area contributed by atoms with Crippen LogP contribution in [0.2, 0.25) is 5.15 Å². The van der Waals surface area contributed by atoms with Crippen LogP contribution in [0.25, 0.3) is 16.6 Å². The highest BCUT2D eigenvalue weighted by atomic mass is 35.5. The fourth-order valence-corrected chi connectivity index (χ4v) is 4.14. The third kappa shape index (κ3) is 6.19. The van der Waals surface area contributed by atoms with Crippen molar-refractivity contribution >= 4 is 23.1 Å². The van der Waals surface area contributed by atoms with Gasteiger partial charge in [-0.05, 0) is 67.6 Å². The Kier molecular flexibility index (Phi) is 7.89. The van der Waals surface area contributed by atoms with Crippen molar-refractivity contribution in [2.45, 2.75) is 58.3 Å². The molecule has 0 aliphatic carbocycles. The number of hydrogen-bond acceptors (Lipinski definition) is 2. The van der Waals surface area contributed by atoms with Gasteiger partial charge in [-0.1, -0.05) is 36.7 Å². The minimum Gasteiger partial charge on any atom is -0.335 e. The molecule has 0 saturated carbocycles. The molecule has 9 heteroatoms. The van der Waals surface area contributed by atoms with E-state index in [-0.39, 0.29) is 18.5 Å². The van der Waals surface area contributed by atoms with Crippen molar-refractivity contribution in [2.75, 3.05) is 6.54 Å². The molecular formula is C24H28ClF3N4O. The number of amides is 2. The van der Waals surface area contributed by atoms with Crippen LogP contribution in [0, 0.1) is 0 Å². The maximum Gasteiger partial charge on any atom is 0.389 e. The molecule has 0 radical (unpaired) electrons. The molecule has 0 aliphatic rings. The van der Waals surface area contributed by atoms with E-state index < -0.39 is 18.6 Å². The SMILES string of the molecule is CCC(CCC(F)(F)F)NC(=O)N(CC)C(C)c1cccc(-c2cc(Cl)n3nccc3c2)c1. The Balaban J connectivity index is 1.78. The van der Waals surface area contributed by atoms with Gasteiger partial charge in [0.25, 0.3) is 0 Å². The van der Waals surface area contributed by atoms with Gasteiger partial charge < -0.3 is 10.2 Å². The van der Waals surface area contributed by atoms with Gasteiger partial charge in [-0.25, -0.2) is 9.31 Å². The first kappa shape index (κ1) is 24.9. The Morgan fingerprint density at radius 3 is 2.61 bits per heavy atom. The molecule has 2 atom stereocenters. The molecule has 2 heterocycles. The van der Waals surface area contributed by atoms with Crippen molar-refractivity contribution < 1.29 is 18.0 Å². The number of nitrogens with zero attached hydrogens (tertiary/aromatic N) is 3. The summed E-state index contributed by atoms with van der Waals surface area (Å²) in [7, 11) is 0. The van der Waals surface area contributed by atoms with Crippen molar-refractivity contribution in [2.24, 2.45) is 0 Å². The number of carbonyl (C=O) groups excluding carboxylic acids is 1. The third-order valence-electron chi connectivity index (χ3n) is 5.82. The van der Waals surface area contributed by atoms with E-state index in [2.05, 4.69) is 10.4 Å². The molecule has 2 amide bonds. The van der Waals surface area contributed by atoms with Crippen LogP contribution in [0.3, 0.4) is 0 Å². The Hall–Kier alpha value is -2.74. The van der Waals surface area contributed by atoms with Crippen LogP contribution in [0.4, 0.5) is 18.0 Å². The van der Waals surface area contributed by atoms with Gasteiger partial charge in [0.2, 0.25) is 0 Å². The monoisotopic (exact) mass is 480 g/mol. The quantitative estimate of drug-likeness (QED) is 0.358. The third-order valence-corrected chi connectivity index (χ3v) is 6.09. The summed E-state index contributed by atoms with van der Waals surface area (Å²) in [5, 5.41) is 7.44. The van der Waals surface area contributed by atoms with Gasteiger partial charge in [-0.2, -0.15) is 18.3 Å². The lowest BCUT2D eigenvalue weighted by molar-refractivity contribution is -0.136. The molecule has 33 heavy (non-hydrogen) atoms. The zero-order valence-corrected chi connectivity index (χ0v) is 19.6. The summed E-state index contributed by atoms with van der Waals surface area (Å²) in [6.45, 7) is 5.95. The van der Waals surface area contributed by atoms with Crippen LogP contribution < -0.4 is 5.32 Å². The average Bonchev–Trinajstić information content (AvgIpc) is 3.26. The first-order valence-electron chi connectivity index (χ1n) is 11.0. The Morgan fingerprint density at radius 1 is 1.18 bits per heavy atom. The molecule has 0 aliphatic heterocycles. The molecule has 0 spiro atoms. The molecule has 1 aromatic carbocycles. The van der Waals surface area contributed by atoms with E-state index in [9.17, 15) is 18.0 Å². The number of urea groups is 1. The summed E-state index contributed by atoms with van der Waals surface area (Å²) in [5.41, 5.74) is 3.65. The molecule has 0 saturated heterocycles. The second-order valence-corrected chi connectivity index (χ2v) is 8.42. The van der Waals surface area contributed by atoms with Crippen LogP contribution in [0.5, 0.6) is 0 Å². The molecule has 178 valence electrons. The number of carbonyl (C=O) groups is 1. The first-order chi connectivity index (χ1) is 15.6. The number of rotatable bonds is 8. The van der Waals surface area contributed by atoms with Gasteiger partial charge in [0.05, 0.1) is 17.8 Å². The largest absolute Gasteiger partial charge is 0.389 e. The Labute approximate surface area is 196 Å². The Morgan fingerprint density at radius 2 is 1.94 bits per heavy atom. The number of hydrogen-bond donors (Lipinski definition) is 1. The van der Waals surface area contributed by atoms with Gasteiger partial charge >= 0.3 is 12.2 Å². The molecule has 1 N–H and O–H groups in total. The van der Waals surface area contributed by atoms with E-state index in [0.717, 1.165) is 22.2 Å². The van der Waals surface area contributed by atoms with E-state index in [1.54, 1.807) is 22.5 Å². The second-order valence-electron chi connectivity index (χ2n) is 8.03. The minimum atomic E-state index is -4.24. The van der Waals surface area contributed by atoms with E-state index >= 15 is 0 Å². The fourth-order valence-electron chi connectivity index (χ4n) is 3.88. The van der Waals surface area contributed by atoms with Crippen LogP contribution in [0.15, 0.2) is 48.7 Å². The lowest BCUT2D eigenvalue weighted by atomic mass is 9.99. The maximum absolute atomic E-state index is 12.9. The molecular weight excluding hydrogens is 453 g/mol. The summed E-state index contributed by atoms with van der Waals surface area (Å²) in [6.07, 6.45) is -3.18. The number of pyridine rings is 1. The lowest BCUT2D eigenvalue weighted by Crippen LogP contribution is -2.45. The van der Waals surface area contributed by atoms with Gasteiger partial charge in [-0.3, -0.25) is 0 Å². The van der Waals surface area contributed by atoms with E-state index in [4.69, 9.17) is 11.6 Å². The number of nitrogens with one attached hydrogen (secondary N) is 1. The van der Waals surface area contributed by atoms with Crippen LogP contribution in [-0.4, -0.2) is 39.3 Å². The highest BCUT2D eigenvalue weighted by Gasteiger charge is 2.29. The first-order valence-corrected chi connectivity index (χ1v) is 11.4. The topological polar surface area (TPSA) is 49.6 Å². The fraction of sp³-hybridized carbons (Fsp3) is 0.417. The molecule has 3 aromatic rings. The molecule has 2 aromatic heterocycles. The zero-order chi connectivity index (χ0) is 24.2. The van der Waals surface area contributed by atoms with Gasteiger partial charge in [0, 0.05) is 19.0 Å². The lowest BCUT2D eigenvalue weighted by Gasteiger charge is -2.31. The summed E-state index contributed by atoms with van der Waals surface area (Å²) in [6, 6.07) is 12.3. The zero-order valence-electron chi connectivity index (χ0n) is 18.9. The summed E-state index contributed by atoms with van der Waals surface area (Å²) in [5.74, 6) is 0. The van der Waals surface area contributed by atoms with Gasteiger partial charge in [0.1, 0.15) is 5.15 Å². The van der Waals surface area contributed by atoms with E-state index in [1.165, 1.54) is 0 Å². The second kappa shape index (κ2) is 10.5. The number of aromatic nitrogens is 2. The van der Waals surface area contributed by atoms with Crippen molar-refractivity contribution in [1.29, 1.82) is 0 Å². The molecule has 5 nitrogen and oxygen atoms in total. The standard InChI is InChI=1S/C24H28ClF3N4O/c1-4-20(9-11-24(26,27)28)30-23(33)31(5-2)16(3)17-7-6-8-18(13-17)19-14-21-10-12-29-32(21)22(25)15-19/h6-8,10,12-16,20H,4-5,9,11H2,1-3H3,(H,30,33). The van der Waals surface area contributed by atoms with E-state index in [0.29, 0.717) is 18.1 Å². The molecule has 0 bridgehead atoms. The molecule has 2 unspecified atom stereocenters. The van der Waals surface area contributed by atoms with Crippen molar-refractivity contribution in [3.8, 4) is 11.1 Å². The summed E-state index contributed by atoms with van der Waals surface area (Å²) in [4.78, 5) is 14.5. The van der Waals surface area contributed by atoms with E-state index in [1.807, 2.05) is 56.3 Å². The minimum absolute atomic E-state index is 0.134. The number of halogens is 4. The van der Waals surface area contributed by atoms with Crippen LogP contribution in [0.1, 0.15) is 51.6 Å². The Bertz CT molecular complexity index is 1100. The molecule has 0 fully saturated rings. The maximum atomic E-state index is 12.9. The normalized spacial score (nSPS) is 13.7. The number of fused-ring (bicyclic) bond motifs is 1. The van der Waals surface area contributed by atoms with Crippen molar-refractivity contribution in [3.05, 3.63) is 59.4 Å². The van der Waals surface area contributed by atoms with Crippen LogP contribution >= 0.6 is 11.6 Å². The smallest absolute Gasteiger partial charge is 0.335 e.